The van der Waals surface area contributed by atoms with Gasteiger partial charge in [0.05, 0.1) is 19.3 Å². The van der Waals surface area contributed by atoms with Crippen molar-refractivity contribution in [2.75, 3.05) is 33.4 Å². The lowest BCUT2D eigenvalue weighted by atomic mass is 10.1. The largest absolute Gasteiger partial charge is 0.383 e. The topological polar surface area (TPSA) is 33.7 Å². The number of ether oxygens (including phenoxy) is 2. The van der Waals surface area contributed by atoms with Gasteiger partial charge in [-0.05, 0) is 19.3 Å². The maximum Gasteiger partial charge on any atom is 0.0731 e. The van der Waals surface area contributed by atoms with Crippen LogP contribution in [0.3, 0.4) is 0 Å². The fraction of sp³-hybridized carbons (Fsp3) is 1.00. The monoisotopic (exact) mass is 256 g/mol. The first kappa shape index (κ1) is 14.3. The van der Waals surface area contributed by atoms with Crippen molar-refractivity contribution < 1.29 is 9.47 Å². The van der Waals surface area contributed by atoms with E-state index in [2.05, 4.69) is 24.1 Å². The van der Waals surface area contributed by atoms with E-state index in [1.165, 1.54) is 19.3 Å². The summed E-state index contributed by atoms with van der Waals surface area (Å²) in [6, 6.07) is 1.63. The quantitative estimate of drug-likeness (QED) is 0.775. The summed E-state index contributed by atoms with van der Waals surface area (Å²) in [6.07, 6.45) is 4.30. The summed E-state index contributed by atoms with van der Waals surface area (Å²) in [4.78, 5) is 2.63. The second-order valence-electron chi connectivity index (χ2n) is 5.82. The van der Waals surface area contributed by atoms with Crippen LogP contribution in [0.25, 0.3) is 0 Å². The van der Waals surface area contributed by atoms with Crippen LogP contribution in [0, 0.1) is 0 Å². The Kier molecular flexibility index (Phi) is 5.42. The van der Waals surface area contributed by atoms with E-state index in [1.807, 2.05) is 0 Å². The number of fused-ring (bicyclic) bond motifs is 1. The van der Waals surface area contributed by atoms with Crippen molar-refractivity contribution in [3.8, 4) is 0 Å². The van der Waals surface area contributed by atoms with E-state index in [0.717, 1.165) is 26.3 Å². The van der Waals surface area contributed by atoms with Crippen LogP contribution < -0.4 is 5.32 Å². The third-order valence-corrected chi connectivity index (χ3v) is 4.11. The predicted molar refractivity (Wildman–Crippen MR) is 72.9 cm³/mol. The molecule has 1 saturated carbocycles. The lowest BCUT2D eigenvalue weighted by Crippen LogP contribution is -2.57. The van der Waals surface area contributed by atoms with E-state index in [9.17, 15) is 0 Å². The zero-order valence-electron chi connectivity index (χ0n) is 12.0. The molecule has 0 aromatic rings. The molecule has 18 heavy (non-hydrogen) atoms. The highest BCUT2D eigenvalue weighted by Gasteiger charge is 2.38. The van der Waals surface area contributed by atoms with E-state index in [1.54, 1.807) is 7.11 Å². The number of methoxy groups -OCH3 is 1. The lowest BCUT2D eigenvalue weighted by Gasteiger charge is -2.42. The molecule has 1 N–H and O–H groups in total. The molecule has 0 radical (unpaired) electrons. The van der Waals surface area contributed by atoms with E-state index < -0.39 is 0 Å². The van der Waals surface area contributed by atoms with Gasteiger partial charge < -0.3 is 14.8 Å². The van der Waals surface area contributed by atoms with Crippen molar-refractivity contribution in [1.82, 2.24) is 10.2 Å². The van der Waals surface area contributed by atoms with Gasteiger partial charge in [-0.25, -0.2) is 0 Å². The Morgan fingerprint density at radius 2 is 2.22 bits per heavy atom. The van der Waals surface area contributed by atoms with E-state index >= 15 is 0 Å². The van der Waals surface area contributed by atoms with Crippen LogP contribution in [0.1, 0.15) is 33.1 Å². The Labute approximate surface area is 111 Å². The minimum Gasteiger partial charge on any atom is -0.383 e. The van der Waals surface area contributed by atoms with Crippen molar-refractivity contribution in [1.29, 1.82) is 0 Å². The van der Waals surface area contributed by atoms with Crippen molar-refractivity contribution in [3.05, 3.63) is 0 Å². The number of morpholine rings is 1. The molecule has 0 aromatic heterocycles. The molecule has 0 bridgehead atoms. The molecule has 0 aromatic carbocycles. The summed E-state index contributed by atoms with van der Waals surface area (Å²) < 4.78 is 11.3. The summed E-state index contributed by atoms with van der Waals surface area (Å²) >= 11 is 0. The normalized spacial score (nSPS) is 30.7. The molecular weight excluding hydrogens is 228 g/mol. The second-order valence-corrected chi connectivity index (χ2v) is 5.82. The number of nitrogens with zero attached hydrogens (tertiary/aromatic N) is 1. The Bertz CT molecular complexity index is 248. The Morgan fingerprint density at radius 3 is 2.94 bits per heavy atom. The van der Waals surface area contributed by atoms with Crippen LogP contribution in [0.4, 0.5) is 0 Å². The number of hydrogen-bond acceptors (Lipinski definition) is 4. The summed E-state index contributed by atoms with van der Waals surface area (Å²) in [7, 11) is 1.80. The third-order valence-electron chi connectivity index (χ3n) is 4.11. The molecule has 1 aliphatic carbocycles. The number of hydrogen-bond donors (Lipinski definition) is 1. The summed E-state index contributed by atoms with van der Waals surface area (Å²) in [6.45, 7) is 8.14. The van der Waals surface area contributed by atoms with Crippen LogP contribution in [-0.2, 0) is 9.47 Å². The van der Waals surface area contributed by atoms with Crippen molar-refractivity contribution in [3.63, 3.8) is 0 Å². The fourth-order valence-corrected chi connectivity index (χ4v) is 3.24. The Balaban J connectivity index is 1.94. The molecule has 0 amide bonds. The molecule has 4 heteroatoms. The van der Waals surface area contributed by atoms with Crippen LogP contribution in [0.15, 0.2) is 0 Å². The average Bonchev–Trinajstić information content (AvgIpc) is 2.82. The van der Waals surface area contributed by atoms with E-state index in [4.69, 9.17) is 9.47 Å². The van der Waals surface area contributed by atoms with E-state index in [0.29, 0.717) is 24.2 Å². The first-order valence-corrected chi connectivity index (χ1v) is 7.32. The molecular formula is C14H28N2O2. The zero-order chi connectivity index (χ0) is 13.0. The predicted octanol–water partition coefficient (Wildman–Crippen LogP) is 1.25. The van der Waals surface area contributed by atoms with Gasteiger partial charge in [-0.3, -0.25) is 4.90 Å². The average molecular weight is 256 g/mol. The number of rotatable bonds is 6. The van der Waals surface area contributed by atoms with Gasteiger partial charge in [0.15, 0.2) is 0 Å². The molecule has 1 aliphatic heterocycles. The Morgan fingerprint density at radius 1 is 1.39 bits per heavy atom. The van der Waals surface area contributed by atoms with Gasteiger partial charge in [0, 0.05) is 38.3 Å². The van der Waals surface area contributed by atoms with Gasteiger partial charge in [0.2, 0.25) is 0 Å². The highest BCUT2D eigenvalue weighted by molar-refractivity contribution is 4.93. The molecule has 1 saturated heterocycles. The standard InChI is InChI=1S/C14H28N2O2/c1-11(2)15-9-12(10-17-3)16-7-8-18-14-6-4-5-13(14)16/h11-15H,4-10H2,1-3H3. The highest BCUT2D eigenvalue weighted by Crippen LogP contribution is 2.30. The first-order chi connectivity index (χ1) is 8.72. The third kappa shape index (κ3) is 3.44. The van der Waals surface area contributed by atoms with Crippen molar-refractivity contribution in [2.45, 2.75) is 57.3 Å². The summed E-state index contributed by atoms with van der Waals surface area (Å²) in [5, 5.41) is 3.55. The zero-order valence-corrected chi connectivity index (χ0v) is 12.0. The molecule has 106 valence electrons. The molecule has 0 spiro atoms. The van der Waals surface area contributed by atoms with Crippen molar-refractivity contribution in [2.24, 2.45) is 0 Å². The van der Waals surface area contributed by atoms with Gasteiger partial charge in [-0.15, -0.1) is 0 Å². The van der Waals surface area contributed by atoms with Crippen LogP contribution >= 0.6 is 0 Å². The molecule has 3 unspecified atom stereocenters. The molecule has 4 nitrogen and oxygen atoms in total. The molecule has 3 atom stereocenters. The van der Waals surface area contributed by atoms with Gasteiger partial charge in [-0.2, -0.15) is 0 Å². The second kappa shape index (κ2) is 6.85. The molecule has 2 rings (SSSR count). The van der Waals surface area contributed by atoms with Gasteiger partial charge in [-0.1, -0.05) is 13.8 Å². The minimum atomic E-state index is 0.470. The maximum atomic E-state index is 5.88. The van der Waals surface area contributed by atoms with Crippen LogP contribution in [0.5, 0.6) is 0 Å². The minimum absolute atomic E-state index is 0.470. The van der Waals surface area contributed by atoms with Gasteiger partial charge in [0.1, 0.15) is 0 Å². The molecule has 2 fully saturated rings. The summed E-state index contributed by atoms with van der Waals surface area (Å²) in [5.41, 5.74) is 0. The number of nitrogens with one attached hydrogen (secondary N) is 1. The SMILES string of the molecule is COCC(CNC(C)C)N1CCOC2CCCC21. The van der Waals surface area contributed by atoms with Crippen LogP contribution in [-0.4, -0.2) is 62.5 Å². The first-order valence-electron chi connectivity index (χ1n) is 7.32. The smallest absolute Gasteiger partial charge is 0.0731 e. The lowest BCUT2D eigenvalue weighted by molar-refractivity contribution is -0.0808. The molecule has 2 aliphatic rings. The molecule has 1 heterocycles. The van der Waals surface area contributed by atoms with Crippen LogP contribution in [0.2, 0.25) is 0 Å². The maximum absolute atomic E-state index is 5.88. The van der Waals surface area contributed by atoms with Gasteiger partial charge in [0.25, 0.3) is 0 Å². The van der Waals surface area contributed by atoms with Crippen molar-refractivity contribution >= 4 is 0 Å². The Hall–Kier alpha value is -0.160. The van der Waals surface area contributed by atoms with E-state index in [-0.39, 0.29) is 0 Å². The summed E-state index contributed by atoms with van der Waals surface area (Å²) in [5.74, 6) is 0. The van der Waals surface area contributed by atoms with Gasteiger partial charge >= 0.3 is 0 Å². The fourth-order valence-electron chi connectivity index (χ4n) is 3.24. The highest BCUT2D eigenvalue weighted by atomic mass is 16.5.